The van der Waals surface area contributed by atoms with Crippen LogP contribution in [0.4, 0.5) is 0 Å². The molecular weight excluding hydrogens is 260 g/mol. The van der Waals surface area contributed by atoms with Gasteiger partial charge in [-0.25, -0.2) is 0 Å². The molecule has 0 amide bonds. The average Bonchev–Trinajstić information content (AvgIpc) is 2.78. The van der Waals surface area contributed by atoms with Crippen molar-refractivity contribution in [2.75, 3.05) is 13.2 Å². The van der Waals surface area contributed by atoms with Crippen molar-refractivity contribution in [1.82, 2.24) is 0 Å². The number of fused-ring (bicyclic) bond motifs is 3. The largest absolute Gasteiger partial charge is 0.486 e. The van der Waals surface area contributed by atoms with Crippen molar-refractivity contribution < 1.29 is 14.6 Å². The molecule has 4 rings (SSSR count). The molecule has 19 heavy (non-hydrogen) atoms. The predicted octanol–water partition coefficient (Wildman–Crippen LogP) is 2.70. The maximum absolute atomic E-state index is 11.0. The zero-order chi connectivity index (χ0) is 12.9. The highest BCUT2D eigenvalue weighted by atomic mass is 32.2. The SMILES string of the molecule is OC1(c2ccc3c(c2)OCCO3)CC2CCC(C1)S2. The van der Waals surface area contributed by atoms with Crippen LogP contribution in [0.1, 0.15) is 31.2 Å². The van der Waals surface area contributed by atoms with Gasteiger partial charge in [0, 0.05) is 10.5 Å². The van der Waals surface area contributed by atoms with Gasteiger partial charge in [-0.05, 0) is 43.4 Å². The minimum absolute atomic E-state index is 0.593. The number of benzene rings is 1. The van der Waals surface area contributed by atoms with Gasteiger partial charge in [0.1, 0.15) is 13.2 Å². The summed E-state index contributed by atoms with van der Waals surface area (Å²) in [6.07, 6.45) is 4.24. The van der Waals surface area contributed by atoms with Crippen LogP contribution in [0.15, 0.2) is 18.2 Å². The predicted molar refractivity (Wildman–Crippen MR) is 75.0 cm³/mol. The fourth-order valence-electron chi connectivity index (χ4n) is 3.49. The lowest BCUT2D eigenvalue weighted by Crippen LogP contribution is -2.34. The average molecular weight is 278 g/mol. The molecule has 2 saturated heterocycles. The molecule has 2 atom stereocenters. The van der Waals surface area contributed by atoms with Crippen LogP contribution in [-0.4, -0.2) is 28.8 Å². The number of thioether (sulfide) groups is 1. The Morgan fingerprint density at radius 3 is 2.47 bits per heavy atom. The third kappa shape index (κ3) is 2.01. The molecule has 2 bridgehead atoms. The number of ether oxygens (including phenoxy) is 2. The first-order valence-electron chi connectivity index (χ1n) is 7.01. The van der Waals surface area contributed by atoms with Gasteiger partial charge in [0.05, 0.1) is 5.60 Å². The van der Waals surface area contributed by atoms with E-state index in [1.165, 1.54) is 12.8 Å². The first-order valence-corrected chi connectivity index (χ1v) is 7.95. The van der Waals surface area contributed by atoms with Crippen LogP contribution in [0.3, 0.4) is 0 Å². The molecule has 0 spiro atoms. The summed E-state index contributed by atoms with van der Waals surface area (Å²) in [5.74, 6) is 1.58. The van der Waals surface area contributed by atoms with E-state index in [9.17, 15) is 5.11 Å². The van der Waals surface area contributed by atoms with Crippen molar-refractivity contribution in [3.8, 4) is 11.5 Å². The molecule has 0 aliphatic carbocycles. The van der Waals surface area contributed by atoms with Crippen LogP contribution in [0.2, 0.25) is 0 Å². The lowest BCUT2D eigenvalue weighted by atomic mass is 9.85. The van der Waals surface area contributed by atoms with Crippen molar-refractivity contribution >= 4 is 11.8 Å². The van der Waals surface area contributed by atoms with Gasteiger partial charge in [0.2, 0.25) is 0 Å². The summed E-state index contributed by atoms with van der Waals surface area (Å²) in [6.45, 7) is 1.20. The minimum atomic E-state index is -0.674. The zero-order valence-corrected chi connectivity index (χ0v) is 11.6. The van der Waals surface area contributed by atoms with Crippen molar-refractivity contribution in [2.45, 2.75) is 41.8 Å². The Kier molecular flexibility index (Phi) is 2.71. The van der Waals surface area contributed by atoms with E-state index in [-0.39, 0.29) is 0 Å². The Labute approximate surface area is 117 Å². The standard InChI is InChI=1S/C15H18O3S/c16-15(8-11-2-3-12(9-15)19-11)10-1-4-13-14(7-10)18-6-5-17-13/h1,4,7,11-12,16H,2-3,5-6,8-9H2. The fraction of sp³-hybridized carbons (Fsp3) is 0.600. The molecular formula is C15H18O3S. The van der Waals surface area contributed by atoms with Gasteiger partial charge in [0.15, 0.2) is 11.5 Å². The highest BCUT2D eigenvalue weighted by molar-refractivity contribution is 8.00. The topological polar surface area (TPSA) is 38.7 Å². The second kappa shape index (κ2) is 4.32. The van der Waals surface area contributed by atoms with Gasteiger partial charge < -0.3 is 14.6 Å². The second-order valence-corrected chi connectivity index (χ2v) is 7.36. The van der Waals surface area contributed by atoms with Gasteiger partial charge in [-0.15, -0.1) is 0 Å². The number of aliphatic hydroxyl groups is 1. The zero-order valence-electron chi connectivity index (χ0n) is 10.8. The minimum Gasteiger partial charge on any atom is -0.486 e. The summed E-state index contributed by atoms with van der Waals surface area (Å²) in [4.78, 5) is 0. The lowest BCUT2D eigenvalue weighted by molar-refractivity contribution is 0.0191. The van der Waals surface area contributed by atoms with E-state index in [1.807, 2.05) is 18.2 Å². The van der Waals surface area contributed by atoms with E-state index < -0.39 is 5.60 Å². The van der Waals surface area contributed by atoms with Crippen molar-refractivity contribution in [3.63, 3.8) is 0 Å². The fourth-order valence-corrected chi connectivity index (χ4v) is 5.32. The van der Waals surface area contributed by atoms with E-state index in [2.05, 4.69) is 11.8 Å². The molecule has 0 aromatic heterocycles. The Morgan fingerprint density at radius 1 is 1.05 bits per heavy atom. The molecule has 3 nitrogen and oxygen atoms in total. The summed E-state index contributed by atoms with van der Waals surface area (Å²) >= 11 is 2.06. The van der Waals surface area contributed by atoms with Gasteiger partial charge >= 0.3 is 0 Å². The molecule has 1 N–H and O–H groups in total. The van der Waals surface area contributed by atoms with E-state index >= 15 is 0 Å². The smallest absolute Gasteiger partial charge is 0.161 e. The first kappa shape index (κ1) is 11.9. The molecule has 3 heterocycles. The van der Waals surface area contributed by atoms with Gasteiger partial charge in [-0.3, -0.25) is 0 Å². The van der Waals surface area contributed by atoms with Crippen molar-refractivity contribution in [3.05, 3.63) is 23.8 Å². The monoisotopic (exact) mass is 278 g/mol. The molecule has 2 unspecified atom stereocenters. The second-order valence-electron chi connectivity index (χ2n) is 5.76. The summed E-state index contributed by atoms with van der Waals surface area (Å²) in [5, 5.41) is 12.3. The Bertz CT molecular complexity index is 490. The van der Waals surface area contributed by atoms with E-state index in [0.717, 1.165) is 29.9 Å². The van der Waals surface area contributed by atoms with Crippen LogP contribution in [0.25, 0.3) is 0 Å². The molecule has 0 radical (unpaired) electrons. The first-order chi connectivity index (χ1) is 9.23. The highest BCUT2D eigenvalue weighted by Crippen LogP contribution is 2.51. The highest BCUT2D eigenvalue weighted by Gasteiger charge is 2.44. The number of rotatable bonds is 1. The summed E-state index contributed by atoms with van der Waals surface area (Å²) in [5.41, 5.74) is 0.321. The van der Waals surface area contributed by atoms with Gasteiger partial charge in [-0.1, -0.05) is 6.07 Å². The normalized spacial score (nSPS) is 36.3. The van der Waals surface area contributed by atoms with Crippen LogP contribution in [-0.2, 0) is 5.60 Å². The van der Waals surface area contributed by atoms with E-state index in [1.54, 1.807) is 0 Å². The third-order valence-corrected chi connectivity index (χ3v) is 5.98. The number of hydrogen-bond acceptors (Lipinski definition) is 4. The quantitative estimate of drug-likeness (QED) is 0.857. The lowest BCUT2D eigenvalue weighted by Gasteiger charge is -2.37. The van der Waals surface area contributed by atoms with E-state index in [0.29, 0.717) is 23.7 Å². The molecule has 1 aromatic rings. The Balaban J connectivity index is 1.68. The van der Waals surface area contributed by atoms with E-state index in [4.69, 9.17) is 9.47 Å². The van der Waals surface area contributed by atoms with Gasteiger partial charge in [0.25, 0.3) is 0 Å². The summed E-state index contributed by atoms with van der Waals surface area (Å²) in [6, 6.07) is 5.91. The van der Waals surface area contributed by atoms with Crippen LogP contribution >= 0.6 is 11.8 Å². The summed E-state index contributed by atoms with van der Waals surface area (Å²) in [7, 11) is 0. The molecule has 2 fully saturated rings. The molecule has 4 heteroatoms. The molecule has 1 aromatic carbocycles. The molecule has 102 valence electrons. The van der Waals surface area contributed by atoms with Crippen LogP contribution < -0.4 is 9.47 Å². The van der Waals surface area contributed by atoms with Crippen LogP contribution in [0.5, 0.6) is 11.5 Å². The maximum Gasteiger partial charge on any atom is 0.161 e. The third-order valence-electron chi connectivity index (χ3n) is 4.41. The number of hydrogen-bond donors (Lipinski definition) is 1. The van der Waals surface area contributed by atoms with Crippen LogP contribution in [0, 0.1) is 0 Å². The molecule has 0 saturated carbocycles. The van der Waals surface area contributed by atoms with Crippen molar-refractivity contribution in [1.29, 1.82) is 0 Å². The molecule has 3 aliphatic rings. The maximum atomic E-state index is 11.0. The Morgan fingerprint density at radius 2 is 1.74 bits per heavy atom. The summed E-state index contributed by atoms with van der Waals surface area (Å²) < 4.78 is 11.2. The van der Waals surface area contributed by atoms with Crippen molar-refractivity contribution in [2.24, 2.45) is 0 Å². The van der Waals surface area contributed by atoms with Gasteiger partial charge in [-0.2, -0.15) is 11.8 Å². The Hall–Kier alpha value is -0.870. The molecule has 3 aliphatic heterocycles.